The average molecular weight is 303 g/mol. The second-order valence-electron chi connectivity index (χ2n) is 6.31. The van der Waals surface area contributed by atoms with E-state index in [9.17, 15) is 5.11 Å². The van der Waals surface area contributed by atoms with Gasteiger partial charge in [-0.25, -0.2) is 0 Å². The van der Waals surface area contributed by atoms with E-state index >= 15 is 0 Å². The maximum atomic E-state index is 9.64. The molecule has 6 nitrogen and oxygen atoms in total. The van der Waals surface area contributed by atoms with Crippen molar-refractivity contribution < 1.29 is 24.1 Å². The van der Waals surface area contributed by atoms with Crippen molar-refractivity contribution in [2.45, 2.75) is 89.5 Å². The predicted molar refractivity (Wildman–Crippen MR) is 77.4 cm³/mol. The van der Waals surface area contributed by atoms with Crippen molar-refractivity contribution in [1.82, 2.24) is 0 Å². The SMILES string of the molecule is CCCCCCCO[C@H]1[C@@H](C(N)O)OC2OC(C)(C)O[C@@H]21. The highest BCUT2D eigenvalue weighted by Crippen LogP contribution is 2.39. The zero-order valence-corrected chi connectivity index (χ0v) is 13.3. The molecule has 0 aliphatic carbocycles. The van der Waals surface area contributed by atoms with Gasteiger partial charge in [-0.15, -0.1) is 0 Å². The third-order valence-electron chi connectivity index (χ3n) is 3.92. The molecule has 5 atom stereocenters. The van der Waals surface area contributed by atoms with Gasteiger partial charge in [0, 0.05) is 6.61 Å². The minimum Gasteiger partial charge on any atom is -0.376 e. The van der Waals surface area contributed by atoms with Crippen molar-refractivity contribution in [2.75, 3.05) is 6.61 Å². The van der Waals surface area contributed by atoms with Crippen LogP contribution in [-0.2, 0) is 18.9 Å². The van der Waals surface area contributed by atoms with E-state index in [4.69, 9.17) is 24.7 Å². The molecule has 2 aliphatic heterocycles. The molecule has 0 spiro atoms. The number of rotatable bonds is 8. The normalized spacial score (nSPS) is 35.9. The van der Waals surface area contributed by atoms with Gasteiger partial charge in [-0.1, -0.05) is 32.6 Å². The summed E-state index contributed by atoms with van der Waals surface area (Å²) >= 11 is 0. The summed E-state index contributed by atoms with van der Waals surface area (Å²) in [5.41, 5.74) is 5.57. The van der Waals surface area contributed by atoms with Crippen LogP contribution in [0.15, 0.2) is 0 Å². The van der Waals surface area contributed by atoms with E-state index in [2.05, 4.69) is 6.92 Å². The van der Waals surface area contributed by atoms with Crippen LogP contribution in [0.2, 0.25) is 0 Å². The van der Waals surface area contributed by atoms with Gasteiger partial charge in [0.1, 0.15) is 24.5 Å². The zero-order chi connectivity index (χ0) is 15.5. The van der Waals surface area contributed by atoms with Crippen LogP contribution in [0.3, 0.4) is 0 Å². The Morgan fingerprint density at radius 3 is 2.57 bits per heavy atom. The van der Waals surface area contributed by atoms with Crippen LogP contribution in [0.4, 0.5) is 0 Å². The lowest BCUT2D eigenvalue weighted by Crippen LogP contribution is -2.46. The molecule has 2 unspecified atom stereocenters. The van der Waals surface area contributed by atoms with Gasteiger partial charge in [-0.05, 0) is 20.3 Å². The number of aliphatic hydroxyl groups is 1. The van der Waals surface area contributed by atoms with Crippen LogP contribution in [0.5, 0.6) is 0 Å². The first-order valence-corrected chi connectivity index (χ1v) is 8.01. The van der Waals surface area contributed by atoms with Gasteiger partial charge in [0.2, 0.25) is 0 Å². The number of unbranched alkanes of at least 4 members (excludes halogenated alkanes) is 4. The third-order valence-corrected chi connectivity index (χ3v) is 3.92. The first-order chi connectivity index (χ1) is 9.94. The molecule has 21 heavy (non-hydrogen) atoms. The van der Waals surface area contributed by atoms with Crippen LogP contribution in [0.1, 0.15) is 52.9 Å². The number of hydrogen-bond donors (Lipinski definition) is 2. The minimum absolute atomic E-state index is 0.334. The van der Waals surface area contributed by atoms with Crippen molar-refractivity contribution in [3.63, 3.8) is 0 Å². The molecule has 0 saturated carbocycles. The zero-order valence-electron chi connectivity index (χ0n) is 13.3. The maximum absolute atomic E-state index is 9.64. The van der Waals surface area contributed by atoms with Gasteiger partial charge in [-0.2, -0.15) is 0 Å². The largest absolute Gasteiger partial charge is 0.376 e. The first-order valence-electron chi connectivity index (χ1n) is 8.01. The topological polar surface area (TPSA) is 83.2 Å². The van der Waals surface area contributed by atoms with Crippen molar-refractivity contribution in [3.8, 4) is 0 Å². The number of fused-ring (bicyclic) bond motifs is 1. The van der Waals surface area contributed by atoms with E-state index in [1.54, 1.807) is 0 Å². The fourth-order valence-corrected chi connectivity index (χ4v) is 2.89. The lowest BCUT2D eigenvalue weighted by Gasteiger charge is -2.27. The molecular formula is C15H29NO5. The first kappa shape index (κ1) is 17.1. The smallest absolute Gasteiger partial charge is 0.190 e. The second kappa shape index (κ2) is 7.35. The molecular weight excluding hydrogens is 274 g/mol. The number of ether oxygens (including phenoxy) is 4. The van der Waals surface area contributed by atoms with Crippen LogP contribution < -0.4 is 5.73 Å². The molecule has 2 saturated heterocycles. The van der Waals surface area contributed by atoms with Crippen LogP contribution >= 0.6 is 0 Å². The minimum atomic E-state index is -1.10. The Morgan fingerprint density at radius 2 is 1.90 bits per heavy atom. The van der Waals surface area contributed by atoms with Gasteiger partial charge < -0.3 is 29.8 Å². The van der Waals surface area contributed by atoms with E-state index in [0.717, 1.165) is 12.8 Å². The molecule has 0 aromatic rings. The molecule has 2 heterocycles. The number of aliphatic hydroxyl groups excluding tert-OH is 1. The molecule has 2 aliphatic rings. The summed E-state index contributed by atoms with van der Waals surface area (Å²) in [6.45, 7) is 6.49. The van der Waals surface area contributed by atoms with E-state index in [1.165, 1.54) is 19.3 Å². The Morgan fingerprint density at radius 1 is 1.19 bits per heavy atom. The highest BCUT2D eigenvalue weighted by molar-refractivity contribution is 4.95. The molecule has 2 rings (SSSR count). The Balaban J connectivity index is 1.82. The Hall–Kier alpha value is -0.240. The van der Waals surface area contributed by atoms with Gasteiger partial charge in [0.05, 0.1) is 0 Å². The molecule has 3 N–H and O–H groups in total. The fraction of sp³-hybridized carbons (Fsp3) is 1.00. The fourth-order valence-electron chi connectivity index (χ4n) is 2.89. The van der Waals surface area contributed by atoms with E-state index in [1.807, 2.05) is 13.8 Å². The van der Waals surface area contributed by atoms with Crippen molar-refractivity contribution in [1.29, 1.82) is 0 Å². The van der Waals surface area contributed by atoms with Crippen molar-refractivity contribution in [3.05, 3.63) is 0 Å². The highest BCUT2D eigenvalue weighted by Gasteiger charge is 2.56. The molecule has 0 bridgehead atoms. The summed E-state index contributed by atoms with van der Waals surface area (Å²) in [7, 11) is 0. The van der Waals surface area contributed by atoms with Crippen LogP contribution in [-0.4, -0.2) is 48.3 Å². The summed E-state index contributed by atoms with van der Waals surface area (Å²) in [6.07, 6.45) is 2.90. The standard InChI is InChI=1S/C15H29NO5/c1-4-5-6-7-8-9-18-10-11(13(16)17)19-14-12(10)20-15(2,3)21-14/h10-14,17H,4-9,16H2,1-3H3/t10-,11-,12+,13?,14?/m0/s1. The van der Waals surface area contributed by atoms with Crippen LogP contribution in [0, 0.1) is 0 Å². The second-order valence-corrected chi connectivity index (χ2v) is 6.31. The summed E-state index contributed by atoms with van der Waals surface area (Å²) < 4.78 is 23.0. The van der Waals surface area contributed by atoms with Crippen LogP contribution in [0.25, 0.3) is 0 Å². The maximum Gasteiger partial charge on any atom is 0.190 e. The summed E-state index contributed by atoms with van der Waals surface area (Å²) in [4.78, 5) is 0. The van der Waals surface area contributed by atoms with Gasteiger partial charge in [-0.3, -0.25) is 0 Å². The lowest BCUT2D eigenvalue weighted by molar-refractivity contribution is -0.229. The highest BCUT2D eigenvalue weighted by atomic mass is 16.8. The number of hydrogen-bond acceptors (Lipinski definition) is 6. The van der Waals surface area contributed by atoms with Crippen molar-refractivity contribution in [2.24, 2.45) is 5.73 Å². The molecule has 0 aromatic carbocycles. The molecule has 2 fully saturated rings. The molecule has 124 valence electrons. The quantitative estimate of drug-likeness (QED) is 0.522. The molecule has 0 amide bonds. The summed E-state index contributed by atoms with van der Waals surface area (Å²) in [6, 6.07) is 0. The summed E-state index contributed by atoms with van der Waals surface area (Å²) in [5.74, 6) is -0.692. The van der Waals surface area contributed by atoms with Gasteiger partial charge in [0.25, 0.3) is 0 Å². The monoisotopic (exact) mass is 303 g/mol. The van der Waals surface area contributed by atoms with E-state index in [-0.39, 0.29) is 12.2 Å². The molecule has 0 radical (unpaired) electrons. The van der Waals surface area contributed by atoms with Crippen molar-refractivity contribution >= 4 is 0 Å². The Kier molecular flexibility index (Phi) is 5.99. The Bertz CT molecular complexity index is 323. The van der Waals surface area contributed by atoms with Gasteiger partial charge in [0.15, 0.2) is 12.1 Å². The van der Waals surface area contributed by atoms with E-state index < -0.39 is 24.4 Å². The van der Waals surface area contributed by atoms with E-state index in [0.29, 0.717) is 6.61 Å². The molecule has 6 heteroatoms. The molecule has 0 aromatic heterocycles. The third kappa shape index (κ3) is 4.37. The number of nitrogens with two attached hydrogens (primary N) is 1. The predicted octanol–water partition coefficient (Wildman–Crippen LogP) is 1.50. The summed E-state index contributed by atoms with van der Waals surface area (Å²) in [5, 5.41) is 9.64. The lowest BCUT2D eigenvalue weighted by atomic mass is 10.1. The Labute approximate surface area is 126 Å². The van der Waals surface area contributed by atoms with Gasteiger partial charge >= 0.3 is 0 Å². The average Bonchev–Trinajstić information content (AvgIpc) is 2.86.